The van der Waals surface area contributed by atoms with E-state index in [1.54, 1.807) is 30.3 Å². The Kier molecular flexibility index (Phi) is 6.96. The maximum Gasteiger partial charge on any atom is 0.175 e. The quantitative estimate of drug-likeness (QED) is 0.490. The number of hydrogen-bond donors (Lipinski definition) is 0. The summed E-state index contributed by atoms with van der Waals surface area (Å²) in [6, 6.07) is 11.7. The van der Waals surface area contributed by atoms with Crippen LogP contribution in [0, 0.1) is 5.82 Å². The van der Waals surface area contributed by atoms with Gasteiger partial charge in [0.25, 0.3) is 0 Å². The number of fused-ring (bicyclic) bond motifs is 1. The molecule has 0 N–H and O–H groups in total. The summed E-state index contributed by atoms with van der Waals surface area (Å²) in [5, 5.41) is 0. The molecule has 0 spiro atoms. The summed E-state index contributed by atoms with van der Waals surface area (Å²) < 4.78 is 40.7. The Morgan fingerprint density at radius 2 is 1.61 bits per heavy atom. The van der Waals surface area contributed by atoms with E-state index in [0.717, 1.165) is 42.6 Å². The second-order valence-electron chi connectivity index (χ2n) is 10.8. The number of benzene rings is 2. The molecule has 8 heteroatoms. The van der Waals surface area contributed by atoms with Crippen LogP contribution in [0.2, 0.25) is 0 Å². The number of rotatable bonds is 5. The van der Waals surface area contributed by atoms with Gasteiger partial charge in [0.15, 0.2) is 15.7 Å². The van der Waals surface area contributed by atoms with Gasteiger partial charge in [0.2, 0.25) is 0 Å². The van der Waals surface area contributed by atoms with Gasteiger partial charge in [-0.3, -0.25) is 0 Å². The van der Waals surface area contributed by atoms with E-state index in [9.17, 15) is 8.42 Å². The number of hydrogen-bond acceptors (Lipinski definition) is 5. The zero-order chi connectivity index (χ0) is 25.6. The highest BCUT2D eigenvalue weighted by molar-refractivity contribution is 7.90. The van der Waals surface area contributed by atoms with Crippen molar-refractivity contribution >= 4 is 20.9 Å². The third-order valence-electron chi connectivity index (χ3n) is 8.25. The lowest BCUT2D eigenvalue weighted by Crippen LogP contribution is -2.48. The molecule has 1 aromatic heterocycles. The average molecular weight is 513 g/mol. The number of nitrogens with zero attached hydrogens (tertiary/aromatic N) is 4. The Morgan fingerprint density at radius 3 is 2.19 bits per heavy atom. The van der Waals surface area contributed by atoms with E-state index >= 15 is 4.39 Å². The first-order valence-corrected chi connectivity index (χ1v) is 15.0. The smallest absolute Gasteiger partial charge is 0.175 e. The Hall–Kier alpha value is -2.29. The molecule has 3 aromatic rings. The van der Waals surface area contributed by atoms with Gasteiger partial charge < -0.3 is 14.4 Å². The maximum atomic E-state index is 15.2. The van der Waals surface area contributed by atoms with Crippen molar-refractivity contribution in [3.63, 3.8) is 0 Å². The first-order chi connectivity index (χ1) is 17.1. The number of aromatic nitrogens is 2. The fourth-order valence-electron chi connectivity index (χ4n) is 5.98. The number of halogens is 1. The molecule has 0 unspecified atom stereocenters. The lowest BCUT2D eigenvalue weighted by atomic mass is 9.87. The molecule has 2 fully saturated rings. The SMILES string of the molecule is CC(C)N1CCC(N2CCC(c3cc(F)c4nc(-c5ccc(S(C)(=O)=O)cc5)n(C)c4c3)CC2)CC1. The van der Waals surface area contributed by atoms with Crippen molar-refractivity contribution < 1.29 is 12.8 Å². The molecule has 0 aliphatic carbocycles. The van der Waals surface area contributed by atoms with Gasteiger partial charge in [-0.05, 0) is 114 Å². The molecule has 5 rings (SSSR count). The first-order valence-electron chi connectivity index (χ1n) is 13.1. The molecular weight excluding hydrogens is 475 g/mol. The Balaban J connectivity index is 1.32. The minimum atomic E-state index is -3.27. The summed E-state index contributed by atoms with van der Waals surface area (Å²) >= 11 is 0. The van der Waals surface area contributed by atoms with Crippen LogP contribution in [0.4, 0.5) is 4.39 Å². The summed E-state index contributed by atoms with van der Waals surface area (Å²) in [7, 11) is -1.38. The maximum absolute atomic E-state index is 15.2. The van der Waals surface area contributed by atoms with Crippen LogP contribution in [0.15, 0.2) is 41.3 Å². The van der Waals surface area contributed by atoms with E-state index in [4.69, 9.17) is 0 Å². The molecule has 0 amide bonds. The van der Waals surface area contributed by atoms with Crippen molar-refractivity contribution in [2.45, 2.75) is 62.4 Å². The van der Waals surface area contributed by atoms with Gasteiger partial charge in [0, 0.05) is 31.0 Å². The number of likely N-dealkylation sites (tertiary alicyclic amines) is 2. The van der Waals surface area contributed by atoms with Gasteiger partial charge in [-0.15, -0.1) is 0 Å². The molecule has 2 aliphatic heterocycles. The average Bonchev–Trinajstić information content (AvgIpc) is 3.20. The second-order valence-corrected chi connectivity index (χ2v) is 12.8. The molecule has 0 saturated carbocycles. The summed E-state index contributed by atoms with van der Waals surface area (Å²) in [5.74, 6) is 0.688. The molecule has 3 heterocycles. The van der Waals surface area contributed by atoms with E-state index < -0.39 is 9.84 Å². The Morgan fingerprint density at radius 1 is 0.972 bits per heavy atom. The Bertz CT molecular complexity index is 1330. The fraction of sp³-hybridized carbons (Fsp3) is 0.536. The second kappa shape index (κ2) is 9.88. The lowest BCUT2D eigenvalue weighted by molar-refractivity contribution is 0.0753. The van der Waals surface area contributed by atoms with Crippen LogP contribution in [0.5, 0.6) is 0 Å². The number of imidazole rings is 1. The standard InChI is InChI=1S/C28H37FN4O2S/c1-19(2)32-15-11-23(12-16-32)33-13-9-20(10-14-33)22-17-25(29)27-26(18-22)31(3)28(30-27)21-5-7-24(8-6-21)36(4,34)35/h5-8,17-20,23H,9-16H2,1-4H3. The van der Waals surface area contributed by atoms with Crippen LogP contribution in [0.3, 0.4) is 0 Å². The summed E-state index contributed by atoms with van der Waals surface area (Å²) in [5.41, 5.74) is 2.95. The van der Waals surface area contributed by atoms with Gasteiger partial charge in [0.1, 0.15) is 11.3 Å². The number of aryl methyl sites for hydroxylation is 1. The van der Waals surface area contributed by atoms with Crippen LogP contribution in [0.25, 0.3) is 22.4 Å². The zero-order valence-electron chi connectivity index (χ0n) is 21.7. The van der Waals surface area contributed by atoms with E-state index in [-0.39, 0.29) is 10.7 Å². The molecule has 2 saturated heterocycles. The highest BCUT2D eigenvalue weighted by Gasteiger charge is 2.30. The van der Waals surface area contributed by atoms with Crippen LogP contribution in [0.1, 0.15) is 51.0 Å². The van der Waals surface area contributed by atoms with Gasteiger partial charge in [-0.25, -0.2) is 17.8 Å². The molecule has 0 bridgehead atoms. The molecule has 2 aliphatic rings. The third kappa shape index (κ3) is 4.95. The molecule has 0 radical (unpaired) electrons. The van der Waals surface area contributed by atoms with E-state index in [1.165, 1.54) is 32.2 Å². The van der Waals surface area contributed by atoms with Gasteiger partial charge in [-0.1, -0.05) is 0 Å². The van der Waals surface area contributed by atoms with Crippen LogP contribution < -0.4 is 0 Å². The normalized spacial score (nSPS) is 19.5. The predicted molar refractivity (Wildman–Crippen MR) is 142 cm³/mol. The van der Waals surface area contributed by atoms with Crippen molar-refractivity contribution in [2.75, 3.05) is 32.4 Å². The topological polar surface area (TPSA) is 58.4 Å². The minimum Gasteiger partial charge on any atom is -0.327 e. The van der Waals surface area contributed by atoms with Gasteiger partial charge >= 0.3 is 0 Å². The lowest BCUT2D eigenvalue weighted by Gasteiger charge is -2.42. The highest BCUT2D eigenvalue weighted by atomic mass is 32.2. The zero-order valence-corrected chi connectivity index (χ0v) is 22.6. The molecule has 2 aromatic carbocycles. The number of piperidine rings is 2. The monoisotopic (exact) mass is 512 g/mol. The largest absolute Gasteiger partial charge is 0.327 e. The van der Waals surface area contributed by atoms with Crippen molar-refractivity contribution in [3.8, 4) is 11.4 Å². The van der Waals surface area contributed by atoms with E-state index in [0.29, 0.717) is 29.3 Å². The van der Waals surface area contributed by atoms with Crippen LogP contribution in [-0.4, -0.2) is 72.3 Å². The molecular formula is C28H37FN4O2S. The van der Waals surface area contributed by atoms with Crippen LogP contribution >= 0.6 is 0 Å². The third-order valence-corrected chi connectivity index (χ3v) is 9.38. The molecule has 36 heavy (non-hydrogen) atoms. The van der Waals surface area contributed by atoms with E-state index in [2.05, 4.69) is 34.7 Å². The van der Waals surface area contributed by atoms with Crippen molar-refractivity contribution in [2.24, 2.45) is 7.05 Å². The van der Waals surface area contributed by atoms with Crippen molar-refractivity contribution in [3.05, 3.63) is 47.8 Å². The predicted octanol–water partition coefficient (Wildman–Crippen LogP) is 4.84. The first kappa shape index (κ1) is 25.4. The molecule has 194 valence electrons. The van der Waals surface area contributed by atoms with Gasteiger partial charge in [-0.2, -0.15) is 0 Å². The molecule has 0 atom stereocenters. The number of sulfone groups is 1. The van der Waals surface area contributed by atoms with Gasteiger partial charge in [0.05, 0.1) is 10.4 Å². The fourth-order valence-corrected chi connectivity index (χ4v) is 6.61. The Labute approximate surface area is 214 Å². The minimum absolute atomic E-state index is 0.260. The van der Waals surface area contributed by atoms with Crippen molar-refractivity contribution in [1.29, 1.82) is 0 Å². The summed E-state index contributed by atoms with van der Waals surface area (Å²) in [4.78, 5) is 10.1. The summed E-state index contributed by atoms with van der Waals surface area (Å²) in [6.07, 6.45) is 5.77. The van der Waals surface area contributed by atoms with Crippen LogP contribution in [-0.2, 0) is 16.9 Å². The van der Waals surface area contributed by atoms with Crippen molar-refractivity contribution in [1.82, 2.24) is 19.4 Å². The van der Waals surface area contributed by atoms with E-state index in [1.807, 2.05) is 11.6 Å². The summed E-state index contributed by atoms with van der Waals surface area (Å²) in [6.45, 7) is 9.07. The molecule has 6 nitrogen and oxygen atoms in total. The highest BCUT2D eigenvalue weighted by Crippen LogP contribution is 2.34.